The summed E-state index contributed by atoms with van der Waals surface area (Å²) in [5.41, 5.74) is -0.338. The molecule has 1 spiro atoms. The van der Waals surface area contributed by atoms with Gasteiger partial charge in [0.05, 0.1) is 24.1 Å². The number of hydrogen-bond donors (Lipinski definition) is 3. The van der Waals surface area contributed by atoms with E-state index in [0.717, 1.165) is 31.4 Å². The van der Waals surface area contributed by atoms with Gasteiger partial charge in [0.15, 0.2) is 0 Å². The van der Waals surface area contributed by atoms with Gasteiger partial charge in [-0.3, -0.25) is 14.8 Å². The van der Waals surface area contributed by atoms with Crippen LogP contribution in [-0.4, -0.2) is 71.4 Å². The van der Waals surface area contributed by atoms with Gasteiger partial charge in [-0.15, -0.1) is 0 Å². The molecule has 3 aliphatic rings. The van der Waals surface area contributed by atoms with Crippen molar-refractivity contribution in [3.05, 3.63) is 23.8 Å². The first kappa shape index (κ1) is 25.7. The van der Waals surface area contributed by atoms with E-state index in [4.69, 9.17) is 9.47 Å². The normalized spacial score (nSPS) is 25.4. The molecule has 34 heavy (non-hydrogen) atoms. The van der Waals surface area contributed by atoms with Gasteiger partial charge < -0.3 is 25.4 Å². The number of amides is 2. The van der Waals surface area contributed by atoms with Crippen LogP contribution in [0.2, 0.25) is 0 Å². The molecule has 3 aliphatic heterocycles. The summed E-state index contributed by atoms with van der Waals surface area (Å²) in [5.74, 6) is 0. The second kappa shape index (κ2) is 9.76. The van der Waals surface area contributed by atoms with Crippen molar-refractivity contribution in [2.24, 2.45) is 4.99 Å². The van der Waals surface area contributed by atoms with Crippen LogP contribution in [0.15, 0.2) is 28.8 Å². The lowest BCUT2D eigenvalue weighted by molar-refractivity contribution is 0.00233. The van der Waals surface area contributed by atoms with E-state index in [1.807, 2.05) is 47.7 Å². The molecule has 2 atom stereocenters. The summed E-state index contributed by atoms with van der Waals surface area (Å²) < 4.78 is 11.2. The fourth-order valence-corrected chi connectivity index (χ4v) is 4.48. The van der Waals surface area contributed by atoms with Crippen molar-refractivity contribution in [1.82, 2.24) is 25.8 Å². The summed E-state index contributed by atoms with van der Waals surface area (Å²) >= 11 is 0. The van der Waals surface area contributed by atoms with Gasteiger partial charge in [0.2, 0.25) is 0 Å². The lowest BCUT2D eigenvalue weighted by atomic mass is 10.0. The highest BCUT2D eigenvalue weighted by molar-refractivity contribution is 5.70. The standard InChI is InChI=1S/C24H40N6O4/c1-22(2,3)33-20(31)29-12-8-10-19(29)27-17(14-25-7)18-15-26-16-24(28-18)11-9-13-30(24)21(32)34-23(4,5)6/h14-15,19,26-28H,7-13,16H2,1-6H3/b17-14-. The van der Waals surface area contributed by atoms with Crippen LogP contribution < -0.4 is 16.0 Å². The number of carbonyl (C=O) groups excluding carboxylic acids is 2. The maximum absolute atomic E-state index is 12.9. The van der Waals surface area contributed by atoms with E-state index in [0.29, 0.717) is 25.3 Å². The molecule has 0 aliphatic carbocycles. The van der Waals surface area contributed by atoms with E-state index >= 15 is 0 Å². The number of likely N-dealkylation sites (tertiary alicyclic amines) is 2. The lowest BCUT2D eigenvalue weighted by Gasteiger charge is -2.43. The Balaban J connectivity index is 1.76. The van der Waals surface area contributed by atoms with E-state index in [-0.39, 0.29) is 18.4 Å². The Labute approximate surface area is 202 Å². The zero-order chi connectivity index (χ0) is 25.1. The van der Waals surface area contributed by atoms with E-state index in [1.54, 1.807) is 16.0 Å². The van der Waals surface area contributed by atoms with Gasteiger partial charge >= 0.3 is 12.2 Å². The maximum Gasteiger partial charge on any atom is 0.412 e. The zero-order valence-electron chi connectivity index (χ0n) is 21.4. The van der Waals surface area contributed by atoms with Crippen LogP contribution in [0, 0.1) is 0 Å². The van der Waals surface area contributed by atoms with Crippen LogP contribution in [0.1, 0.15) is 67.2 Å². The van der Waals surface area contributed by atoms with Gasteiger partial charge in [0.25, 0.3) is 0 Å². The quantitative estimate of drug-likeness (QED) is 0.535. The Morgan fingerprint density at radius 2 is 1.82 bits per heavy atom. The lowest BCUT2D eigenvalue weighted by Crippen LogP contribution is -2.64. The molecule has 2 fully saturated rings. The Morgan fingerprint density at radius 1 is 1.15 bits per heavy atom. The molecule has 2 amide bonds. The van der Waals surface area contributed by atoms with Crippen LogP contribution in [0.3, 0.4) is 0 Å². The fourth-order valence-electron chi connectivity index (χ4n) is 4.48. The van der Waals surface area contributed by atoms with Crippen molar-refractivity contribution in [3.63, 3.8) is 0 Å². The molecule has 0 aromatic rings. The molecule has 0 aromatic heterocycles. The van der Waals surface area contributed by atoms with Crippen LogP contribution in [0.25, 0.3) is 0 Å². The van der Waals surface area contributed by atoms with E-state index in [9.17, 15) is 9.59 Å². The van der Waals surface area contributed by atoms with Gasteiger partial charge in [0.1, 0.15) is 23.0 Å². The summed E-state index contributed by atoms with van der Waals surface area (Å²) in [5, 5.41) is 10.3. The molecule has 2 saturated heterocycles. The third kappa shape index (κ3) is 6.15. The molecule has 3 heterocycles. The van der Waals surface area contributed by atoms with Crippen LogP contribution >= 0.6 is 0 Å². The average Bonchev–Trinajstić information content (AvgIpc) is 3.32. The molecular formula is C24H40N6O4. The van der Waals surface area contributed by atoms with Gasteiger partial charge in [-0.25, -0.2) is 9.59 Å². The average molecular weight is 477 g/mol. The van der Waals surface area contributed by atoms with Gasteiger partial charge in [0, 0.05) is 19.3 Å². The van der Waals surface area contributed by atoms with Gasteiger partial charge in [-0.1, -0.05) is 0 Å². The van der Waals surface area contributed by atoms with Crippen molar-refractivity contribution >= 4 is 18.9 Å². The minimum Gasteiger partial charge on any atom is -0.444 e. The Morgan fingerprint density at radius 3 is 2.47 bits per heavy atom. The Kier molecular flexibility index (Phi) is 7.38. The topological polar surface area (TPSA) is 108 Å². The van der Waals surface area contributed by atoms with Gasteiger partial charge in [-0.2, -0.15) is 0 Å². The third-order valence-electron chi connectivity index (χ3n) is 5.82. The highest BCUT2D eigenvalue weighted by Gasteiger charge is 2.47. The smallest absolute Gasteiger partial charge is 0.412 e. The molecule has 3 rings (SSSR count). The number of rotatable bonds is 4. The molecular weight excluding hydrogens is 436 g/mol. The minimum absolute atomic E-state index is 0.242. The maximum atomic E-state index is 12.9. The molecule has 0 aromatic carbocycles. The number of nitrogens with zero attached hydrogens (tertiary/aromatic N) is 3. The number of hydrogen-bond acceptors (Lipinski definition) is 8. The second-order valence-electron chi connectivity index (χ2n) is 11.0. The summed E-state index contributed by atoms with van der Waals surface area (Å²) in [4.78, 5) is 33.1. The third-order valence-corrected chi connectivity index (χ3v) is 5.82. The molecule has 0 bridgehead atoms. The highest BCUT2D eigenvalue weighted by atomic mass is 16.6. The molecule has 190 valence electrons. The summed E-state index contributed by atoms with van der Waals surface area (Å²) in [6.45, 7) is 16.6. The second-order valence-corrected chi connectivity index (χ2v) is 11.0. The van der Waals surface area contributed by atoms with Crippen molar-refractivity contribution in [2.75, 3.05) is 19.6 Å². The van der Waals surface area contributed by atoms with Crippen LogP contribution in [0.5, 0.6) is 0 Å². The minimum atomic E-state index is -0.616. The monoisotopic (exact) mass is 476 g/mol. The predicted molar refractivity (Wildman–Crippen MR) is 131 cm³/mol. The van der Waals surface area contributed by atoms with E-state index < -0.39 is 16.9 Å². The molecule has 0 radical (unpaired) electrons. The van der Waals surface area contributed by atoms with Crippen LogP contribution in [-0.2, 0) is 9.47 Å². The zero-order valence-corrected chi connectivity index (χ0v) is 21.4. The largest absolute Gasteiger partial charge is 0.444 e. The van der Waals surface area contributed by atoms with E-state index in [2.05, 4.69) is 27.7 Å². The molecule has 2 unspecified atom stereocenters. The molecule has 10 nitrogen and oxygen atoms in total. The fraction of sp³-hybridized carbons (Fsp3) is 0.708. The summed E-state index contributed by atoms with van der Waals surface area (Å²) in [6.07, 6.45) is 5.84. The number of ether oxygens (including phenoxy) is 2. The first-order valence-electron chi connectivity index (χ1n) is 12.0. The number of aliphatic imine (C=N–C) groups is 1. The number of nitrogens with one attached hydrogen (secondary N) is 3. The van der Waals surface area contributed by atoms with Crippen molar-refractivity contribution < 1.29 is 19.1 Å². The Bertz CT molecular complexity index is 857. The Hall–Kier alpha value is -2.91. The van der Waals surface area contributed by atoms with Crippen molar-refractivity contribution in [2.45, 2.75) is 90.3 Å². The summed E-state index contributed by atoms with van der Waals surface area (Å²) in [7, 11) is 0. The SMILES string of the molecule is C=N/C=C(\NC1CCCN1C(=O)OC(C)(C)C)C1=CNCC2(CCCN2C(=O)OC(C)(C)C)N1. The first-order chi connectivity index (χ1) is 15.8. The molecule has 10 heteroatoms. The highest BCUT2D eigenvalue weighted by Crippen LogP contribution is 2.32. The van der Waals surface area contributed by atoms with Crippen molar-refractivity contribution in [1.29, 1.82) is 0 Å². The van der Waals surface area contributed by atoms with Crippen molar-refractivity contribution in [3.8, 4) is 0 Å². The summed E-state index contributed by atoms with van der Waals surface area (Å²) in [6, 6.07) is 0. The molecule has 0 saturated carbocycles. The van der Waals surface area contributed by atoms with E-state index in [1.165, 1.54) is 0 Å². The van der Waals surface area contributed by atoms with Gasteiger partial charge in [-0.05, 0) is 73.9 Å². The molecule has 3 N–H and O–H groups in total. The first-order valence-corrected chi connectivity index (χ1v) is 12.0. The predicted octanol–water partition coefficient (Wildman–Crippen LogP) is 3.24. The number of carbonyl (C=O) groups is 2. The van der Waals surface area contributed by atoms with Crippen LogP contribution in [0.4, 0.5) is 9.59 Å².